The Morgan fingerprint density at radius 2 is 0.527 bits per heavy atom. The fourth-order valence-electron chi connectivity index (χ4n) is 8.39. The van der Waals surface area contributed by atoms with E-state index in [4.69, 9.17) is 14.2 Å². The van der Waals surface area contributed by atoms with E-state index in [1.807, 2.05) is 0 Å². The van der Waals surface area contributed by atoms with Crippen LogP contribution in [0.1, 0.15) is 284 Å². The van der Waals surface area contributed by atoms with Crippen LogP contribution in [-0.2, 0) is 28.6 Å². The minimum absolute atomic E-state index is 0.0846. The van der Waals surface area contributed by atoms with E-state index in [1.54, 1.807) is 0 Å². The van der Waals surface area contributed by atoms with Gasteiger partial charge < -0.3 is 14.2 Å². The summed E-state index contributed by atoms with van der Waals surface area (Å²) in [5, 5.41) is 0. The maximum atomic E-state index is 12.8. The second kappa shape index (κ2) is 61.6. The summed E-state index contributed by atoms with van der Waals surface area (Å²) in [6, 6.07) is 0. The lowest BCUT2D eigenvalue weighted by Crippen LogP contribution is -2.30. The Morgan fingerprint density at radius 3 is 0.838 bits per heavy atom. The zero-order valence-corrected chi connectivity index (χ0v) is 48.3. The van der Waals surface area contributed by atoms with Crippen molar-refractivity contribution in [2.24, 2.45) is 0 Å². The highest BCUT2D eigenvalue weighted by Gasteiger charge is 2.19. The molecule has 0 aromatic rings. The van der Waals surface area contributed by atoms with Gasteiger partial charge in [-0.05, 0) is 109 Å². The lowest BCUT2D eigenvalue weighted by Gasteiger charge is -2.18. The molecule has 0 aromatic heterocycles. The molecule has 0 aromatic carbocycles. The zero-order valence-electron chi connectivity index (χ0n) is 48.3. The van der Waals surface area contributed by atoms with Crippen molar-refractivity contribution in [3.8, 4) is 0 Å². The van der Waals surface area contributed by atoms with Gasteiger partial charge in [0.1, 0.15) is 13.2 Å². The number of hydrogen-bond donors (Lipinski definition) is 0. The summed E-state index contributed by atoms with van der Waals surface area (Å²) < 4.78 is 16.8. The maximum absolute atomic E-state index is 12.8. The number of allylic oxidation sites excluding steroid dienone is 18. The Balaban J connectivity index is 4.25. The van der Waals surface area contributed by atoms with E-state index in [-0.39, 0.29) is 31.1 Å². The van der Waals surface area contributed by atoms with Gasteiger partial charge in [0.15, 0.2) is 6.10 Å². The first-order chi connectivity index (χ1) is 36.5. The van der Waals surface area contributed by atoms with Crippen molar-refractivity contribution in [2.45, 2.75) is 290 Å². The molecule has 0 bridgehead atoms. The van der Waals surface area contributed by atoms with Crippen LogP contribution in [0.3, 0.4) is 0 Å². The monoisotopic (exact) mass is 1030 g/mol. The molecule has 0 aliphatic rings. The highest BCUT2D eigenvalue weighted by molar-refractivity contribution is 5.71. The van der Waals surface area contributed by atoms with Gasteiger partial charge in [-0.25, -0.2) is 0 Å². The minimum atomic E-state index is -0.787. The number of ether oxygens (including phenoxy) is 3. The van der Waals surface area contributed by atoms with E-state index >= 15 is 0 Å². The van der Waals surface area contributed by atoms with Gasteiger partial charge in [0.05, 0.1) is 0 Å². The number of esters is 3. The number of hydrogen-bond acceptors (Lipinski definition) is 6. The number of rotatable bonds is 55. The van der Waals surface area contributed by atoms with Crippen molar-refractivity contribution in [2.75, 3.05) is 13.2 Å². The summed E-state index contributed by atoms with van der Waals surface area (Å²) >= 11 is 0. The molecule has 74 heavy (non-hydrogen) atoms. The van der Waals surface area contributed by atoms with E-state index in [9.17, 15) is 14.4 Å². The molecule has 0 N–H and O–H groups in total. The normalized spacial score (nSPS) is 12.9. The minimum Gasteiger partial charge on any atom is -0.462 e. The molecule has 0 aliphatic heterocycles. The first kappa shape index (κ1) is 70.1. The topological polar surface area (TPSA) is 78.9 Å². The Hall–Kier alpha value is -3.93. The van der Waals surface area contributed by atoms with E-state index in [1.165, 1.54) is 109 Å². The summed E-state index contributed by atoms with van der Waals surface area (Å²) in [4.78, 5) is 38.1. The molecule has 1 atom stereocenters. The van der Waals surface area contributed by atoms with Crippen molar-refractivity contribution in [1.82, 2.24) is 0 Å². The summed E-state index contributed by atoms with van der Waals surface area (Å²) in [7, 11) is 0. The second-order valence-electron chi connectivity index (χ2n) is 20.2. The fourth-order valence-corrected chi connectivity index (χ4v) is 8.39. The first-order valence-electron chi connectivity index (χ1n) is 30.9. The standard InChI is InChI=1S/C68H114O6/c1-4-7-10-13-16-19-21-23-25-27-28-29-30-31-32-33-34-35-36-37-38-39-40-41-43-44-46-49-52-55-58-61-67(70)73-64-65(63-72-66(69)60-57-54-51-48-18-15-12-9-6-3)74-68(71)62-59-56-53-50-47-45-42-26-24-22-20-17-14-11-8-5-2/h7,10,16,19,23,25-26,28-29,31-32,34-35,37-38,40-42,65H,4-6,8-9,11-15,17-18,20-22,24,27,30,33,36,39,43-64H2,1-3H3/b10-7-,19-16-,25-23-,29-28-,32-31-,35-34-,38-37-,41-40-,42-26-. The van der Waals surface area contributed by atoms with Gasteiger partial charge in [-0.15, -0.1) is 0 Å². The van der Waals surface area contributed by atoms with E-state index in [2.05, 4.69) is 130 Å². The predicted molar refractivity (Wildman–Crippen MR) is 320 cm³/mol. The molecule has 0 radical (unpaired) electrons. The van der Waals surface area contributed by atoms with Gasteiger partial charge in [0, 0.05) is 19.3 Å². The summed E-state index contributed by atoms with van der Waals surface area (Å²) in [5.41, 5.74) is 0. The van der Waals surface area contributed by atoms with Crippen LogP contribution in [-0.4, -0.2) is 37.2 Å². The summed E-state index contributed by atoms with van der Waals surface area (Å²) in [6.45, 7) is 6.49. The van der Waals surface area contributed by atoms with Crippen molar-refractivity contribution in [3.63, 3.8) is 0 Å². The van der Waals surface area contributed by atoms with E-state index in [0.29, 0.717) is 19.3 Å². The molecule has 0 amide bonds. The third-order valence-corrected chi connectivity index (χ3v) is 13.0. The Labute approximate surface area is 457 Å². The third-order valence-electron chi connectivity index (χ3n) is 13.0. The van der Waals surface area contributed by atoms with E-state index < -0.39 is 6.10 Å². The SMILES string of the molecule is CC/C=C\C/C=C\C/C=C\C/C=C\C/C=C\C/C=C\C/C=C\C/C=C\CCCCCCCCC(=O)OCC(COC(=O)CCCCCCCCCCC)OC(=O)CCCCCCC/C=C\CCCCCCCCC. The van der Waals surface area contributed by atoms with Crippen molar-refractivity contribution in [1.29, 1.82) is 0 Å². The maximum Gasteiger partial charge on any atom is 0.306 e. The third kappa shape index (κ3) is 59.0. The number of carbonyl (C=O) groups is 3. The fraction of sp³-hybridized carbons (Fsp3) is 0.691. The summed E-state index contributed by atoms with van der Waals surface area (Å²) in [6.07, 6.45) is 83.8. The molecule has 0 rings (SSSR count). The molecule has 1 unspecified atom stereocenters. The lowest BCUT2D eigenvalue weighted by molar-refractivity contribution is -0.167. The molecule has 0 aliphatic carbocycles. The van der Waals surface area contributed by atoms with Crippen LogP contribution in [0.2, 0.25) is 0 Å². The molecule has 0 spiro atoms. The Morgan fingerprint density at radius 1 is 0.284 bits per heavy atom. The van der Waals surface area contributed by atoms with Gasteiger partial charge in [0.2, 0.25) is 0 Å². The number of carbonyl (C=O) groups excluding carboxylic acids is 3. The quantitative estimate of drug-likeness (QED) is 0.0261. The second-order valence-corrected chi connectivity index (χ2v) is 20.2. The first-order valence-corrected chi connectivity index (χ1v) is 30.9. The van der Waals surface area contributed by atoms with Gasteiger partial charge in [0.25, 0.3) is 0 Å². The lowest BCUT2D eigenvalue weighted by atomic mass is 10.1. The van der Waals surface area contributed by atoms with Crippen molar-refractivity contribution >= 4 is 17.9 Å². The van der Waals surface area contributed by atoms with Crippen LogP contribution in [0.4, 0.5) is 0 Å². The molecule has 0 saturated carbocycles. The summed E-state index contributed by atoms with van der Waals surface area (Å²) in [5.74, 6) is -0.907. The Bertz CT molecular complexity index is 1510. The van der Waals surface area contributed by atoms with Crippen LogP contribution >= 0.6 is 0 Å². The highest BCUT2D eigenvalue weighted by Crippen LogP contribution is 2.15. The van der Waals surface area contributed by atoms with Crippen LogP contribution in [0.5, 0.6) is 0 Å². The molecule has 6 nitrogen and oxygen atoms in total. The van der Waals surface area contributed by atoms with E-state index in [0.717, 1.165) is 135 Å². The molecule has 0 heterocycles. The van der Waals surface area contributed by atoms with Gasteiger partial charge in [-0.2, -0.15) is 0 Å². The predicted octanol–water partition coefficient (Wildman–Crippen LogP) is 21.0. The zero-order chi connectivity index (χ0) is 53.6. The van der Waals surface area contributed by atoms with Gasteiger partial charge >= 0.3 is 17.9 Å². The van der Waals surface area contributed by atoms with Crippen LogP contribution < -0.4 is 0 Å². The highest BCUT2D eigenvalue weighted by atomic mass is 16.6. The molecule has 0 fully saturated rings. The largest absolute Gasteiger partial charge is 0.462 e. The van der Waals surface area contributed by atoms with Crippen LogP contribution in [0, 0.1) is 0 Å². The van der Waals surface area contributed by atoms with Crippen LogP contribution in [0.15, 0.2) is 109 Å². The molecular weight excluding hydrogens is 913 g/mol. The van der Waals surface area contributed by atoms with Crippen molar-refractivity contribution in [3.05, 3.63) is 109 Å². The molecule has 6 heteroatoms. The smallest absolute Gasteiger partial charge is 0.306 e. The molecular formula is C68H114O6. The van der Waals surface area contributed by atoms with Gasteiger partial charge in [-0.3, -0.25) is 14.4 Å². The molecule has 0 saturated heterocycles. The van der Waals surface area contributed by atoms with Crippen LogP contribution in [0.25, 0.3) is 0 Å². The average Bonchev–Trinajstić information content (AvgIpc) is 3.40. The Kier molecular flexibility index (Phi) is 58.3. The average molecular weight is 1030 g/mol. The van der Waals surface area contributed by atoms with Gasteiger partial charge in [-0.1, -0.05) is 265 Å². The van der Waals surface area contributed by atoms with Crippen molar-refractivity contribution < 1.29 is 28.6 Å². The number of unbranched alkanes of at least 4 members (excludes halogenated alkanes) is 26. The molecule has 422 valence electrons.